The quantitative estimate of drug-likeness (QED) is 0.377. The molecular formula is C18H14N3O6-. The Balaban J connectivity index is 2.02. The summed E-state index contributed by atoms with van der Waals surface area (Å²) in [5.41, 5.74) is 3.03. The number of carbonyl (C=O) groups is 2. The first-order chi connectivity index (χ1) is 12.8. The van der Waals surface area contributed by atoms with Crippen LogP contribution in [0.25, 0.3) is 6.08 Å². The van der Waals surface area contributed by atoms with E-state index in [-0.39, 0.29) is 16.9 Å². The molecule has 1 aliphatic heterocycles. The summed E-state index contributed by atoms with van der Waals surface area (Å²) in [6, 6.07) is 9.20. The highest BCUT2D eigenvalue weighted by atomic mass is 16.6. The number of methoxy groups -OCH3 is 1. The molecule has 9 heteroatoms. The molecule has 27 heavy (non-hydrogen) atoms. The van der Waals surface area contributed by atoms with E-state index in [1.807, 2.05) is 13.0 Å². The Hall–Kier alpha value is -3.88. The van der Waals surface area contributed by atoms with Gasteiger partial charge in [0, 0.05) is 11.8 Å². The number of benzene rings is 2. The normalized spacial score (nSPS) is 15.2. The highest BCUT2D eigenvalue weighted by Crippen LogP contribution is 2.35. The van der Waals surface area contributed by atoms with E-state index >= 15 is 0 Å². The van der Waals surface area contributed by atoms with Crippen LogP contribution in [0.5, 0.6) is 11.5 Å². The van der Waals surface area contributed by atoms with Crippen LogP contribution in [0.3, 0.4) is 0 Å². The summed E-state index contributed by atoms with van der Waals surface area (Å²) in [5.74, 6) is -2.40. The first-order valence-electron chi connectivity index (χ1n) is 7.79. The molecule has 0 bridgehead atoms. The van der Waals surface area contributed by atoms with Crippen molar-refractivity contribution < 1.29 is 24.4 Å². The highest BCUT2D eigenvalue weighted by Gasteiger charge is 2.34. The minimum Gasteiger partial charge on any atom is -0.865 e. The number of hydrogen-bond acceptors (Lipinski definition) is 6. The maximum Gasteiger partial charge on any atom is 0.282 e. The fourth-order valence-corrected chi connectivity index (χ4v) is 2.65. The summed E-state index contributed by atoms with van der Waals surface area (Å²) >= 11 is 0. The molecule has 0 aliphatic carbocycles. The van der Waals surface area contributed by atoms with Gasteiger partial charge in [-0.05, 0) is 42.3 Å². The molecule has 2 amide bonds. The van der Waals surface area contributed by atoms with Crippen LogP contribution in [0.1, 0.15) is 11.1 Å². The monoisotopic (exact) mass is 368 g/mol. The van der Waals surface area contributed by atoms with Gasteiger partial charge < -0.3 is 9.84 Å². The van der Waals surface area contributed by atoms with Gasteiger partial charge in [-0.1, -0.05) is 12.1 Å². The zero-order valence-corrected chi connectivity index (χ0v) is 14.4. The molecule has 1 N–H and O–H groups in total. The minimum atomic E-state index is -0.881. The fraction of sp³-hybridized carbons (Fsp3) is 0.111. The molecule has 1 heterocycles. The maximum atomic E-state index is 12.6. The van der Waals surface area contributed by atoms with Crippen LogP contribution in [0.4, 0.5) is 11.4 Å². The number of amides is 2. The molecular weight excluding hydrogens is 354 g/mol. The second-order valence-corrected chi connectivity index (χ2v) is 5.81. The summed E-state index contributed by atoms with van der Waals surface area (Å²) < 4.78 is 4.86. The molecule has 0 unspecified atom stereocenters. The summed E-state index contributed by atoms with van der Waals surface area (Å²) in [5, 5.41) is 24.0. The molecule has 0 radical (unpaired) electrons. The van der Waals surface area contributed by atoms with Crippen molar-refractivity contribution in [2.45, 2.75) is 6.92 Å². The van der Waals surface area contributed by atoms with E-state index in [1.165, 1.54) is 19.3 Å². The van der Waals surface area contributed by atoms with Crippen LogP contribution in [0, 0.1) is 17.0 Å². The van der Waals surface area contributed by atoms with Gasteiger partial charge in [-0.3, -0.25) is 25.1 Å². The third kappa shape index (κ3) is 3.30. The third-order valence-electron chi connectivity index (χ3n) is 3.94. The molecule has 0 saturated carbocycles. The Morgan fingerprint density at radius 2 is 1.96 bits per heavy atom. The van der Waals surface area contributed by atoms with E-state index in [0.717, 1.165) is 16.6 Å². The molecule has 9 nitrogen and oxygen atoms in total. The molecule has 1 saturated heterocycles. The van der Waals surface area contributed by atoms with Crippen molar-refractivity contribution in [2.24, 2.45) is 0 Å². The molecule has 1 fully saturated rings. The fourth-order valence-electron chi connectivity index (χ4n) is 2.65. The van der Waals surface area contributed by atoms with Crippen molar-refractivity contribution >= 4 is 29.3 Å². The number of hydrazine groups is 1. The average molecular weight is 368 g/mol. The van der Waals surface area contributed by atoms with Crippen molar-refractivity contribution in [2.75, 3.05) is 12.1 Å². The van der Waals surface area contributed by atoms with Crippen LogP contribution in [-0.2, 0) is 9.59 Å². The number of nitrogens with zero attached hydrogens (tertiary/aromatic N) is 2. The van der Waals surface area contributed by atoms with Gasteiger partial charge in [-0.2, -0.15) is 0 Å². The number of carbonyl (C=O) groups excluding carboxylic acids is 2. The molecule has 3 rings (SSSR count). The number of rotatable bonds is 4. The van der Waals surface area contributed by atoms with E-state index in [9.17, 15) is 24.8 Å². The lowest BCUT2D eigenvalue weighted by molar-refractivity contribution is -0.398. The van der Waals surface area contributed by atoms with Gasteiger partial charge in [0.05, 0.1) is 17.7 Å². The van der Waals surface area contributed by atoms with Gasteiger partial charge in [0.2, 0.25) is 0 Å². The van der Waals surface area contributed by atoms with Gasteiger partial charge in [0.25, 0.3) is 17.5 Å². The number of nitro groups is 1. The molecule has 0 aromatic heterocycles. The Morgan fingerprint density at radius 1 is 1.22 bits per heavy atom. The van der Waals surface area contributed by atoms with Crippen molar-refractivity contribution in [3.63, 3.8) is 0 Å². The first kappa shape index (κ1) is 17.9. The molecule has 1 aliphatic rings. The van der Waals surface area contributed by atoms with E-state index < -0.39 is 28.2 Å². The van der Waals surface area contributed by atoms with Crippen LogP contribution in [0.15, 0.2) is 42.0 Å². The Labute approximate surface area is 153 Å². The van der Waals surface area contributed by atoms with Gasteiger partial charge in [0.1, 0.15) is 11.3 Å². The summed E-state index contributed by atoms with van der Waals surface area (Å²) in [6.07, 6.45) is 1.18. The van der Waals surface area contributed by atoms with Crippen molar-refractivity contribution in [1.29, 1.82) is 0 Å². The zero-order valence-electron chi connectivity index (χ0n) is 14.4. The zero-order chi connectivity index (χ0) is 19.7. The third-order valence-corrected chi connectivity index (χ3v) is 3.94. The number of anilines is 1. The predicted molar refractivity (Wildman–Crippen MR) is 93.9 cm³/mol. The van der Waals surface area contributed by atoms with Gasteiger partial charge in [-0.15, -0.1) is 0 Å². The van der Waals surface area contributed by atoms with Crippen molar-refractivity contribution in [1.82, 2.24) is 5.43 Å². The van der Waals surface area contributed by atoms with Crippen molar-refractivity contribution in [3.05, 3.63) is 63.2 Å². The minimum absolute atomic E-state index is 0.128. The molecule has 2 aromatic carbocycles. The van der Waals surface area contributed by atoms with E-state index in [1.54, 1.807) is 18.2 Å². The number of ether oxygens (including phenoxy) is 1. The van der Waals surface area contributed by atoms with Crippen LogP contribution >= 0.6 is 0 Å². The first-order valence-corrected chi connectivity index (χ1v) is 7.79. The summed E-state index contributed by atoms with van der Waals surface area (Å²) in [7, 11) is 1.20. The molecule has 138 valence electrons. The van der Waals surface area contributed by atoms with E-state index in [0.29, 0.717) is 5.69 Å². The molecule has 0 atom stereocenters. The van der Waals surface area contributed by atoms with Crippen molar-refractivity contribution in [3.8, 4) is 11.5 Å². The van der Waals surface area contributed by atoms with Gasteiger partial charge >= 0.3 is 0 Å². The number of aryl methyl sites for hydroxylation is 1. The number of hydrogen-bond donors (Lipinski definition) is 1. The highest BCUT2D eigenvalue weighted by molar-refractivity contribution is 6.31. The van der Waals surface area contributed by atoms with Crippen LogP contribution < -0.4 is 20.3 Å². The lowest BCUT2D eigenvalue weighted by atomic mass is 10.1. The van der Waals surface area contributed by atoms with Crippen LogP contribution in [-0.4, -0.2) is 23.8 Å². The lowest BCUT2D eigenvalue weighted by Crippen LogP contribution is -2.35. The predicted octanol–water partition coefficient (Wildman–Crippen LogP) is 1.45. The smallest absolute Gasteiger partial charge is 0.282 e. The standard InChI is InChI=1S/C18H15N3O6/c1-10-4-3-5-12(6-10)20-18(24)13(17(23)19-20)7-11-8-14(21(25)26)16(22)15(9-11)27-2/h3-9,22H,1-2H3,(H,19,23)/p-1/b13-7+. The van der Waals surface area contributed by atoms with Gasteiger partial charge in [0.15, 0.2) is 0 Å². The number of nitrogens with one attached hydrogen (secondary N) is 1. The second-order valence-electron chi connectivity index (χ2n) is 5.81. The Morgan fingerprint density at radius 3 is 2.59 bits per heavy atom. The van der Waals surface area contributed by atoms with Crippen LogP contribution in [0.2, 0.25) is 0 Å². The molecule has 0 spiro atoms. The summed E-state index contributed by atoms with van der Waals surface area (Å²) in [4.78, 5) is 35.1. The lowest BCUT2D eigenvalue weighted by Gasteiger charge is -2.15. The largest absolute Gasteiger partial charge is 0.865 e. The number of nitro benzene ring substituents is 1. The van der Waals surface area contributed by atoms with Gasteiger partial charge in [-0.25, -0.2) is 5.01 Å². The average Bonchev–Trinajstić information content (AvgIpc) is 2.91. The second kappa shape index (κ2) is 6.79. The molecule has 2 aromatic rings. The Kier molecular flexibility index (Phi) is 4.51. The summed E-state index contributed by atoms with van der Waals surface area (Å²) in [6.45, 7) is 1.85. The van der Waals surface area contributed by atoms with E-state index in [2.05, 4.69) is 5.43 Å². The Bertz CT molecular complexity index is 999. The topological polar surface area (TPSA) is 125 Å². The SMILES string of the molecule is COc1cc(/C=C2\C(=O)NN(c3cccc(C)c3)C2=O)cc([N+](=O)[O-])c1[O-]. The maximum absolute atomic E-state index is 12.6. The van der Waals surface area contributed by atoms with E-state index in [4.69, 9.17) is 4.74 Å².